The van der Waals surface area contributed by atoms with Crippen LogP contribution in [0.2, 0.25) is 5.02 Å². The lowest BCUT2D eigenvalue weighted by atomic mass is 10.2. The molecule has 0 aliphatic heterocycles. The minimum absolute atomic E-state index is 0.0279. The molecule has 0 aliphatic rings. The predicted molar refractivity (Wildman–Crippen MR) is 73.0 cm³/mol. The minimum Gasteiger partial charge on any atom is -0.493 e. The summed E-state index contributed by atoms with van der Waals surface area (Å²) in [5.41, 5.74) is 0.946. The van der Waals surface area contributed by atoms with Gasteiger partial charge in [0.1, 0.15) is 5.75 Å². The van der Waals surface area contributed by atoms with Crippen molar-refractivity contribution in [2.24, 2.45) is 0 Å². The van der Waals surface area contributed by atoms with Crippen LogP contribution in [0.3, 0.4) is 0 Å². The first kappa shape index (κ1) is 14.8. The van der Waals surface area contributed by atoms with Crippen molar-refractivity contribution in [3.63, 3.8) is 0 Å². The second-order valence-electron chi connectivity index (χ2n) is 3.87. The maximum atomic E-state index is 11.0. The number of carbonyl (C=O) groups excluding carboxylic acids is 1. The molecule has 0 bridgehead atoms. The lowest BCUT2D eigenvalue weighted by molar-refractivity contribution is -0.120. The molecule has 1 rings (SSSR count). The van der Waals surface area contributed by atoms with Gasteiger partial charge in [-0.25, -0.2) is 0 Å². The SMILES string of the molecule is CNCc1c(Cl)cccc1OCCCC(=O)NC. The van der Waals surface area contributed by atoms with Gasteiger partial charge in [-0.2, -0.15) is 0 Å². The monoisotopic (exact) mass is 270 g/mol. The van der Waals surface area contributed by atoms with Crippen LogP contribution in [0.15, 0.2) is 18.2 Å². The highest BCUT2D eigenvalue weighted by Crippen LogP contribution is 2.26. The number of rotatable bonds is 7. The first-order valence-corrected chi connectivity index (χ1v) is 6.32. The highest BCUT2D eigenvalue weighted by molar-refractivity contribution is 6.31. The standard InChI is InChI=1S/C13H19ClN2O2/c1-15-9-10-11(14)5-3-6-12(10)18-8-4-7-13(17)16-2/h3,5-6,15H,4,7-9H2,1-2H3,(H,16,17). The molecule has 1 aromatic carbocycles. The number of halogens is 1. The molecular formula is C13H19ClN2O2. The summed E-state index contributed by atoms with van der Waals surface area (Å²) < 4.78 is 5.66. The fraction of sp³-hybridized carbons (Fsp3) is 0.462. The molecule has 0 unspecified atom stereocenters. The summed E-state index contributed by atoms with van der Waals surface area (Å²) >= 11 is 6.11. The molecular weight excluding hydrogens is 252 g/mol. The third kappa shape index (κ3) is 4.55. The van der Waals surface area contributed by atoms with E-state index in [0.717, 1.165) is 11.3 Å². The fourth-order valence-electron chi connectivity index (χ4n) is 1.56. The number of hydrogen-bond acceptors (Lipinski definition) is 3. The molecule has 1 amide bonds. The molecule has 0 spiro atoms. The summed E-state index contributed by atoms with van der Waals surface area (Å²) in [6.07, 6.45) is 1.16. The van der Waals surface area contributed by atoms with Gasteiger partial charge in [-0.3, -0.25) is 4.79 Å². The van der Waals surface area contributed by atoms with E-state index in [1.54, 1.807) is 7.05 Å². The van der Waals surface area contributed by atoms with Crippen molar-refractivity contribution in [1.29, 1.82) is 0 Å². The summed E-state index contributed by atoms with van der Waals surface area (Å²) in [5, 5.41) is 6.32. The zero-order valence-corrected chi connectivity index (χ0v) is 11.5. The molecule has 18 heavy (non-hydrogen) atoms. The molecule has 0 saturated carbocycles. The molecule has 0 heterocycles. The summed E-state index contributed by atoms with van der Waals surface area (Å²) in [6, 6.07) is 5.58. The molecule has 0 aliphatic carbocycles. The first-order chi connectivity index (χ1) is 8.69. The van der Waals surface area contributed by atoms with Crippen LogP contribution in [0.1, 0.15) is 18.4 Å². The summed E-state index contributed by atoms with van der Waals surface area (Å²) in [7, 11) is 3.49. The Balaban J connectivity index is 2.51. The van der Waals surface area contributed by atoms with Crippen LogP contribution < -0.4 is 15.4 Å². The number of carbonyl (C=O) groups is 1. The lowest BCUT2D eigenvalue weighted by Crippen LogP contribution is -2.18. The number of benzene rings is 1. The van der Waals surface area contributed by atoms with Crippen LogP contribution in [0.5, 0.6) is 5.75 Å². The highest BCUT2D eigenvalue weighted by atomic mass is 35.5. The third-order valence-corrected chi connectivity index (χ3v) is 2.87. The van der Waals surface area contributed by atoms with E-state index in [2.05, 4.69) is 10.6 Å². The van der Waals surface area contributed by atoms with Gasteiger partial charge in [0.05, 0.1) is 6.61 Å². The van der Waals surface area contributed by atoms with E-state index in [1.807, 2.05) is 25.2 Å². The van der Waals surface area contributed by atoms with E-state index in [4.69, 9.17) is 16.3 Å². The number of hydrogen-bond donors (Lipinski definition) is 2. The van der Waals surface area contributed by atoms with E-state index >= 15 is 0 Å². The summed E-state index contributed by atoms with van der Waals surface area (Å²) in [5.74, 6) is 0.800. The quantitative estimate of drug-likeness (QED) is 0.745. The second kappa shape index (κ2) is 7.95. The van der Waals surface area contributed by atoms with Gasteiger partial charge >= 0.3 is 0 Å². The van der Waals surface area contributed by atoms with Gasteiger partial charge in [-0.15, -0.1) is 0 Å². The molecule has 100 valence electrons. The number of nitrogens with one attached hydrogen (secondary N) is 2. The molecule has 0 aromatic heterocycles. The summed E-state index contributed by atoms with van der Waals surface area (Å²) in [6.45, 7) is 1.16. The van der Waals surface area contributed by atoms with Crippen molar-refractivity contribution in [3.8, 4) is 5.75 Å². The Morgan fingerprint density at radius 3 is 2.83 bits per heavy atom. The molecule has 0 fully saturated rings. The van der Waals surface area contributed by atoms with E-state index in [1.165, 1.54) is 0 Å². The Morgan fingerprint density at radius 2 is 2.17 bits per heavy atom. The Morgan fingerprint density at radius 1 is 1.39 bits per heavy atom. The van der Waals surface area contributed by atoms with E-state index in [0.29, 0.717) is 31.0 Å². The number of amides is 1. The second-order valence-corrected chi connectivity index (χ2v) is 4.28. The molecule has 0 radical (unpaired) electrons. The zero-order valence-electron chi connectivity index (χ0n) is 10.8. The van der Waals surface area contributed by atoms with Gasteiger partial charge < -0.3 is 15.4 Å². The van der Waals surface area contributed by atoms with Gasteiger partial charge in [0.25, 0.3) is 0 Å². The van der Waals surface area contributed by atoms with Crippen molar-refractivity contribution in [3.05, 3.63) is 28.8 Å². The van der Waals surface area contributed by atoms with E-state index < -0.39 is 0 Å². The fourth-order valence-corrected chi connectivity index (χ4v) is 1.79. The minimum atomic E-state index is 0.0279. The topological polar surface area (TPSA) is 50.4 Å². The van der Waals surface area contributed by atoms with Gasteiger partial charge in [-0.05, 0) is 25.6 Å². The van der Waals surface area contributed by atoms with Crippen LogP contribution >= 0.6 is 11.6 Å². The van der Waals surface area contributed by atoms with Crippen LogP contribution in [0.25, 0.3) is 0 Å². The average molecular weight is 271 g/mol. The van der Waals surface area contributed by atoms with Gasteiger partial charge in [-0.1, -0.05) is 17.7 Å². The van der Waals surface area contributed by atoms with Crippen LogP contribution in [0, 0.1) is 0 Å². The van der Waals surface area contributed by atoms with Crippen molar-refractivity contribution in [2.75, 3.05) is 20.7 Å². The first-order valence-electron chi connectivity index (χ1n) is 5.94. The van der Waals surface area contributed by atoms with Crippen LogP contribution in [0.4, 0.5) is 0 Å². The molecule has 4 nitrogen and oxygen atoms in total. The van der Waals surface area contributed by atoms with Gasteiger partial charge in [0, 0.05) is 30.6 Å². The van der Waals surface area contributed by atoms with E-state index in [-0.39, 0.29) is 5.91 Å². The van der Waals surface area contributed by atoms with Gasteiger partial charge in [0.15, 0.2) is 0 Å². The Hall–Kier alpha value is -1.26. The summed E-state index contributed by atoms with van der Waals surface area (Å²) in [4.78, 5) is 11.0. The van der Waals surface area contributed by atoms with Crippen molar-refractivity contribution in [1.82, 2.24) is 10.6 Å². The van der Waals surface area contributed by atoms with Crippen molar-refractivity contribution >= 4 is 17.5 Å². The molecule has 5 heteroatoms. The molecule has 0 saturated heterocycles. The predicted octanol–water partition coefficient (Wildman–Crippen LogP) is 1.96. The maximum absolute atomic E-state index is 11.0. The van der Waals surface area contributed by atoms with Crippen LogP contribution in [-0.4, -0.2) is 26.6 Å². The molecule has 0 atom stereocenters. The normalized spacial score (nSPS) is 10.2. The molecule has 2 N–H and O–H groups in total. The largest absolute Gasteiger partial charge is 0.493 e. The van der Waals surface area contributed by atoms with Crippen molar-refractivity contribution in [2.45, 2.75) is 19.4 Å². The molecule has 1 aromatic rings. The lowest BCUT2D eigenvalue weighted by Gasteiger charge is -2.12. The smallest absolute Gasteiger partial charge is 0.219 e. The maximum Gasteiger partial charge on any atom is 0.219 e. The average Bonchev–Trinajstić information content (AvgIpc) is 2.38. The van der Waals surface area contributed by atoms with Crippen LogP contribution in [-0.2, 0) is 11.3 Å². The third-order valence-electron chi connectivity index (χ3n) is 2.51. The zero-order chi connectivity index (χ0) is 13.4. The van der Waals surface area contributed by atoms with Gasteiger partial charge in [0.2, 0.25) is 5.91 Å². The van der Waals surface area contributed by atoms with Crippen molar-refractivity contribution < 1.29 is 9.53 Å². The Labute approximate surface area is 113 Å². The Bertz CT molecular complexity index is 397. The highest BCUT2D eigenvalue weighted by Gasteiger charge is 2.07. The van der Waals surface area contributed by atoms with E-state index in [9.17, 15) is 4.79 Å². The Kier molecular flexibility index (Phi) is 6.54. The number of ether oxygens (including phenoxy) is 1.